The van der Waals surface area contributed by atoms with Gasteiger partial charge in [0.1, 0.15) is 17.4 Å². The van der Waals surface area contributed by atoms with Gasteiger partial charge in [0.2, 0.25) is 0 Å². The predicted octanol–water partition coefficient (Wildman–Crippen LogP) is 8.15. The second kappa shape index (κ2) is 10.6. The summed E-state index contributed by atoms with van der Waals surface area (Å²) in [6.07, 6.45) is 13.1. The van der Waals surface area contributed by atoms with E-state index < -0.39 is 17.6 Å². The standard InChI is InChI=1S/C29H34F2O2/c1-3-4-5-6-20-9-10-22-16-23(12-11-21(22)15-20)28-26(30)17-24(18-27(28)31)29(32)33-25-13-7-19(2)8-14-25/h3-4,7-8,13-14,17-18,20-23H,5-6,9-12,15-16H2,1-2H3/b4-3+. The molecule has 2 aliphatic carbocycles. The molecule has 0 bridgehead atoms. The SMILES string of the molecule is C/C=C/CCC1CCC2CC(c3c(F)cc(C(=O)Oc4ccc(C)cc4)cc3F)CCC2C1. The zero-order valence-corrected chi connectivity index (χ0v) is 19.7. The van der Waals surface area contributed by atoms with E-state index in [9.17, 15) is 4.79 Å². The average Bonchev–Trinajstić information content (AvgIpc) is 2.80. The van der Waals surface area contributed by atoms with E-state index in [1.54, 1.807) is 12.1 Å². The lowest BCUT2D eigenvalue weighted by Crippen LogP contribution is -2.31. The van der Waals surface area contributed by atoms with E-state index in [-0.39, 0.29) is 17.0 Å². The molecule has 2 aliphatic rings. The van der Waals surface area contributed by atoms with Crippen LogP contribution in [0.25, 0.3) is 0 Å². The molecule has 2 nitrogen and oxygen atoms in total. The fourth-order valence-electron chi connectivity index (χ4n) is 5.87. The minimum absolute atomic E-state index is 0.0929. The molecule has 0 aliphatic heterocycles. The Morgan fingerprint density at radius 2 is 1.67 bits per heavy atom. The van der Waals surface area contributed by atoms with Gasteiger partial charge >= 0.3 is 5.97 Å². The van der Waals surface area contributed by atoms with Crippen LogP contribution in [0.15, 0.2) is 48.6 Å². The van der Waals surface area contributed by atoms with E-state index in [0.717, 1.165) is 55.7 Å². The van der Waals surface area contributed by atoms with Gasteiger partial charge in [-0.2, -0.15) is 0 Å². The summed E-state index contributed by atoms with van der Waals surface area (Å²) in [6.45, 7) is 4.00. The Labute approximate surface area is 196 Å². The second-order valence-electron chi connectivity index (χ2n) is 9.91. The van der Waals surface area contributed by atoms with Crippen LogP contribution < -0.4 is 4.74 Å². The lowest BCUT2D eigenvalue weighted by molar-refractivity contribution is 0.0733. The lowest BCUT2D eigenvalue weighted by atomic mass is 9.63. The first kappa shape index (κ1) is 23.7. The Morgan fingerprint density at radius 3 is 2.36 bits per heavy atom. The van der Waals surface area contributed by atoms with Crippen LogP contribution in [0.1, 0.15) is 85.7 Å². The van der Waals surface area contributed by atoms with E-state index in [0.29, 0.717) is 17.6 Å². The molecule has 0 heterocycles. The van der Waals surface area contributed by atoms with Gasteiger partial charge < -0.3 is 4.74 Å². The van der Waals surface area contributed by atoms with Gasteiger partial charge in [-0.15, -0.1) is 0 Å². The molecule has 0 saturated heterocycles. The van der Waals surface area contributed by atoms with Crippen LogP contribution in [0.3, 0.4) is 0 Å². The number of hydrogen-bond donors (Lipinski definition) is 0. The van der Waals surface area contributed by atoms with Crippen molar-refractivity contribution in [3.63, 3.8) is 0 Å². The summed E-state index contributed by atoms with van der Waals surface area (Å²) in [5.74, 6) is 0.244. The highest BCUT2D eigenvalue weighted by molar-refractivity contribution is 5.91. The first-order valence-electron chi connectivity index (χ1n) is 12.3. The summed E-state index contributed by atoms with van der Waals surface area (Å²) < 4.78 is 35.4. The molecular weight excluding hydrogens is 418 g/mol. The molecule has 2 aromatic carbocycles. The molecule has 0 N–H and O–H groups in total. The smallest absolute Gasteiger partial charge is 0.343 e. The van der Waals surface area contributed by atoms with Crippen molar-refractivity contribution in [3.05, 3.63) is 76.9 Å². The van der Waals surface area contributed by atoms with Gasteiger partial charge in [0.15, 0.2) is 0 Å². The monoisotopic (exact) mass is 452 g/mol. The number of hydrogen-bond acceptors (Lipinski definition) is 2. The molecule has 0 spiro atoms. The van der Waals surface area contributed by atoms with Crippen LogP contribution in [0.2, 0.25) is 0 Å². The topological polar surface area (TPSA) is 26.3 Å². The van der Waals surface area contributed by atoms with E-state index >= 15 is 8.78 Å². The van der Waals surface area contributed by atoms with Crippen molar-refractivity contribution in [1.29, 1.82) is 0 Å². The summed E-state index contributed by atoms with van der Waals surface area (Å²) in [6, 6.07) is 9.25. The van der Waals surface area contributed by atoms with Gasteiger partial charge in [0.25, 0.3) is 0 Å². The highest BCUT2D eigenvalue weighted by atomic mass is 19.1. The summed E-state index contributed by atoms with van der Waals surface area (Å²) >= 11 is 0. The number of aryl methyl sites for hydroxylation is 1. The number of ether oxygens (including phenoxy) is 1. The average molecular weight is 453 g/mol. The first-order valence-corrected chi connectivity index (χ1v) is 12.3. The number of carbonyl (C=O) groups excluding carboxylic acids is 1. The number of benzene rings is 2. The highest BCUT2D eigenvalue weighted by Crippen LogP contribution is 2.49. The number of rotatable bonds is 6. The van der Waals surface area contributed by atoms with E-state index in [2.05, 4.69) is 19.1 Å². The molecule has 4 unspecified atom stereocenters. The zero-order valence-electron chi connectivity index (χ0n) is 19.7. The minimum Gasteiger partial charge on any atom is -0.423 e. The summed E-state index contributed by atoms with van der Waals surface area (Å²) in [7, 11) is 0. The number of fused-ring (bicyclic) bond motifs is 1. The lowest BCUT2D eigenvalue weighted by Gasteiger charge is -2.42. The van der Waals surface area contributed by atoms with Gasteiger partial charge in [-0.1, -0.05) is 36.3 Å². The summed E-state index contributed by atoms with van der Waals surface area (Å²) in [4.78, 5) is 12.4. The van der Waals surface area contributed by atoms with Crippen LogP contribution in [-0.4, -0.2) is 5.97 Å². The van der Waals surface area contributed by atoms with Crippen LogP contribution in [0.4, 0.5) is 8.78 Å². The number of allylic oxidation sites excluding steroid dienone is 2. The Kier molecular flexibility index (Phi) is 7.62. The number of carbonyl (C=O) groups is 1. The molecule has 33 heavy (non-hydrogen) atoms. The van der Waals surface area contributed by atoms with Crippen molar-refractivity contribution in [1.82, 2.24) is 0 Å². The fraction of sp³-hybridized carbons (Fsp3) is 0.483. The van der Waals surface area contributed by atoms with Gasteiger partial charge in [-0.05, 0) is 107 Å². The van der Waals surface area contributed by atoms with Gasteiger partial charge in [0.05, 0.1) is 5.56 Å². The molecule has 2 fully saturated rings. The normalized spacial score (nSPS) is 25.1. The molecule has 4 heteroatoms. The number of esters is 1. The molecule has 0 aromatic heterocycles. The highest BCUT2D eigenvalue weighted by Gasteiger charge is 2.37. The third kappa shape index (κ3) is 5.72. The van der Waals surface area contributed by atoms with Crippen LogP contribution >= 0.6 is 0 Å². The second-order valence-corrected chi connectivity index (χ2v) is 9.91. The quantitative estimate of drug-likeness (QED) is 0.251. The zero-order chi connectivity index (χ0) is 23.4. The van der Waals surface area contributed by atoms with E-state index in [1.165, 1.54) is 19.3 Å². The third-order valence-electron chi connectivity index (χ3n) is 7.65. The maximum absolute atomic E-state index is 15.1. The fourth-order valence-corrected chi connectivity index (χ4v) is 5.87. The van der Waals surface area contributed by atoms with Crippen molar-refractivity contribution in [2.75, 3.05) is 0 Å². The van der Waals surface area contributed by atoms with Gasteiger partial charge in [0, 0.05) is 5.56 Å². The van der Waals surface area contributed by atoms with Crippen molar-refractivity contribution >= 4 is 5.97 Å². The van der Waals surface area contributed by atoms with E-state index in [4.69, 9.17) is 4.74 Å². The van der Waals surface area contributed by atoms with Gasteiger partial charge in [-0.25, -0.2) is 13.6 Å². The third-order valence-corrected chi connectivity index (χ3v) is 7.65. The van der Waals surface area contributed by atoms with Crippen LogP contribution in [-0.2, 0) is 0 Å². The molecule has 0 amide bonds. The Hall–Kier alpha value is -2.49. The maximum atomic E-state index is 15.1. The number of halogens is 2. The first-order chi connectivity index (χ1) is 15.9. The molecule has 4 atom stereocenters. The molecule has 4 rings (SSSR count). The summed E-state index contributed by atoms with van der Waals surface area (Å²) in [5.41, 5.74) is 1.09. The predicted molar refractivity (Wildman–Crippen MR) is 127 cm³/mol. The van der Waals surface area contributed by atoms with Crippen molar-refractivity contribution in [2.24, 2.45) is 17.8 Å². The largest absolute Gasteiger partial charge is 0.423 e. The minimum atomic E-state index is -0.747. The Balaban J connectivity index is 1.41. The molecule has 176 valence electrons. The molecule has 0 radical (unpaired) electrons. The molecule has 2 aromatic rings. The van der Waals surface area contributed by atoms with Gasteiger partial charge in [-0.3, -0.25) is 0 Å². The maximum Gasteiger partial charge on any atom is 0.343 e. The van der Waals surface area contributed by atoms with Crippen molar-refractivity contribution in [3.8, 4) is 5.75 Å². The Bertz CT molecular complexity index is 972. The van der Waals surface area contributed by atoms with E-state index in [1.807, 2.05) is 19.1 Å². The van der Waals surface area contributed by atoms with Crippen LogP contribution in [0, 0.1) is 36.3 Å². The van der Waals surface area contributed by atoms with Crippen LogP contribution in [0.5, 0.6) is 5.75 Å². The molecule has 2 saturated carbocycles. The Morgan fingerprint density at radius 1 is 1.00 bits per heavy atom. The summed E-state index contributed by atoms with van der Waals surface area (Å²) in [5, 5.41) is 0. The molecular formula is C29H34F2O2. The van der Waals surface area contributed by atoms with Crippen molar-refractivity contribution < 1.29 is 18.3 Å². The van der Waals surface area contributed by atoms with Crippen molar-refractivity contribution in [2.45, 2.75) is 71.1 Å².